The lowest BCUT2D eigenvalue weighted by molar-refractivity contribution is 0.409. The van der Waals surface area contributed by atoms with Crippen molar-refractivity contribution in [2.45, 2.75) is 12.8 Å². The largest absolute Gasteiger partial charge is 0.496 e. The van der Waals surface area contributed by atoms with Gasteiger partial charge in [0.25, 0.3) is 0 Å². The normalized spacial score (nSPS) is 13.7. The Morgan fingerprint density at radius 3 is 2.58 bits per heavy atom. The van der Waals surface area contributed by atoms with Gasteiger partial charge in [-0.1, -0.05) is 48.0 Å². The summed E-state index contributed by atoms with van der Waals surface area (Å²) in [7, 11) is 1.71. The minimum atomic E-state index is 0.797. The van der Waals surface area contributed by atoms with Gasteiger partial charge in [0, 0.05) is 16.1 Å². The van der Waals surface area contributed by atoms with E-state index in [-0.39, 0.29) is 0 Å². The molecule has 0 spiro atoms. The highest BCUT2D eigenvalue weighted by atomic mass is 35.5. The van der Waals surface area contributed by atoms with Crippen LogP contribution in [-0.2, 0) is 6.42 Å². The number of rotatable bonds is 2. The predicted molar refractivity (Wildman–Crippen MR) is 79.8 cm³/mol. The summed E-state index contributed by atoms with van der Waals surface area (Å²) in [6.07, 6.45) is 4.27. The van der Waals surface area contributed by atoms with Crippen molar-refractivity contribution in [1.29, 1.82) is 0 Å². The van der Waals surface area contributed by atoms with E-state index in [9.17, 15) is 0 Å². The molecule has 3 rings (SSSR count). The van der Waals surface area contributed by atoms with Crippen molar-refractivity contribution >= 4 is 17.2 Å². The van der Waals surface area contributed by atoms with E-state index in [0.29, 0.717) is 0 Å². The molecular weight excluding hydrogens is 256 g/mol. The first kappa shape index (κ1) is 12.3. The highest BCUT2D eigenvalue weighted by molar-refractivity contribution is 6.32. The van der Waals surface area contributed by atoms with Crippen LogP contribution in [0.25, 0.3) is 5.57 Å². The number of hydrogen-bond donors (Lipinski definition) is 0. The maximum absolute atomic E-state index is 6.42. The van der Waals surface area contributed by atoms with Crippen molar-refractivity contribution in [3.63, 3.8) is 0 Å². The summed E-state index contributed by atoms with van der Waals surface area (Å²) in [5.41, 5.74) is 4.76. The van der Waals surface area contributed by atoms with Crippen molar-refractivity contribution in [2.24, 2.45) is 0 Å². The van der Waals surface area contributed by atoms with E-state index in [0.717, 1.165) is 29.2 Å². The number of allylic oxidation sites excluding steroid dienone is 1. The van der Waals surface area contributed by atoms with Crippen molar-refractivity contribution in [1.82, 2.24) is 0 Å². The van der Waals surface area contributed by atoms with Crippen LogP contribution >= 0.6 is 11.6 Å². The van der Waals surface area contributed by atoms with Crippen LogP contribution in [0.3, 0.4) is 0 Å². The molecule has 2 aromatic carbocycles. The Balaban J connectivity index is 2.20. The summed E-state index contributed by atoms with van der Waals surface area (Å²) < 4.78 is 5.47. The molecule has 0 fully saturated rings. The standard InChI is InChI=1S/C17H15ClO/c1-19-16-11-10-15(18)17-13(8-5-9-14(16)17)12-6-3-2-4-7-12/h2-4,6-8,10-11H,5,9H2,1H3. The van der Waals surface area contributed by atoms with Gasteiger partial charge in [0.2, 0.25) is 0 Å². The number of methoxy groups -OCH3 is 1. The lowest BCUT2D eigenvalue weighted by Gasteiger charge is -2.21. The van der Waals surface area contributed by atoms with Gasteiger partial charge in [0.1, 0.15) is 5.75 Å². The minimum Gasteiger partial charge on any atom is -0.496 e. The molecule has 0 atom stereocenters. The molecule has 1 nitrogen and oxygen atoms in total. The van der Waals surface area contributed by atoms with Crippen LogP contribution in [0, 0.1) is 0 Å². The Labute approximate surface area is 118 Å². The van der Waals surface area contributed by atoms with Gasteiger partial charge in [-0.25, -0.2) is 0 Å². The van der Waals surface area contributed by atoms with Crippen LogP contribution in [0.1, 0.15) is 23.1 Å². The van der Waals surface area contributed by atoms with Gasteiger partial charge in [-0.3, -0.25) is 0 Å². The Morgan fingerprint density at radius 1 is 1.05 bits per heavy atom. The molecule has 0 N–H and O–H groups in total. The van der Waals surface area contributed by atoms with Gasteiger partial charge in [-0.05, 0) is 36.1 Å². The van der Waals surface area contributed by atoms with Crippen molar-refractivity contribution < 1.29 is 4.74 Å². The fraction of sp³-hybridized carbons (Fsp3) is 0.176. The highest BCUT2D eigenvalue weighted by Gasteiger charge is 2.20. The van der Waals surface area contributed by atoms with Gasteiger partial charge in [-0.15, -0.1) is 0 Å². The monoisotopic (exact) mass is 270 g/mol. The molecule has 0 aliphatic heterocycles. The topological polar surface area (TPSA) is 9.23 Å². The second-order valence-electron chi connectivity index (χ2n) is 4.63. The maximum atomic E-state index is 6.42. The van der Waals surface area contributed by atoms with E-state index in [1.807, 2.05) is 18.2 Å². The fourth-order valence-corrected chi connectivity index (χ4v) is 2.95. The maximum Gasteiger partial charge on any atom is 0.122 e. The van der Waals surface area contributed by atoms with E-state index in [4.69, 9.17) is 16.3 Å². The van der Waals surface area contributed by atoms with Gasteiger partial charge in [-0.2, -0.15) is 0 Å². The van der Waals surface area contributed by atoms with Crippen LogP contribution in [0.2, 0.25) is 5.02 Å². The number of ether oxygens (including phenoxy) is 1. The molecule has 0 aromatic heterocycles. The number of benzene rings is 2. The molecule has 19 heavy (non-hydrogen) atoms. The molecular formula is C17H15ClO. The van der Waals surface area contributed by atoms with Crippen LogP contribution in [-0.4, -0.2) is 7.11 Å². The Bertz CT molecular complexity index is 629. The van der Waals surface area contributed by atoms with E-state index in [1.165, 1.54) is 16.7 Å². The molecule has 2 aromatic rings. The third-order valence-corrected chi connectivity index (χ3v) is 3.85. The molecule has 1 aliphatic carbocycles. The number of fused-ring (bicyclic) bond motifs is 1. The summed E-state index contributed by atoms with van der Waals surface area (Å²) in [4.78, 5) is 0. The van der Waals surface area contributed by atoms with Gasteiger partial charge >= 0.3 is 0 Å². The summed E-state index contributed by atoms with van der Waals surface area (Å²) in [5.74, 6) is 0.931. The molecule has 0 saturated carbocycles. The quantitative estimate of drug-likeness (QED) is 0.767. The first-order valence-corrected chi connectivity index (χ1v) is 6.80. The van der Waals surface area contributed by atoms with Gasteiger partial charge in [0.15, 0.2) is 0 Å². The van der Waals surface area contributed by atoms with Crippen LogP contribution in [0.15, 0.2) is 48.5 Å². The lowest BCUT2D eigenvalue weighted by Crippen LogP contribution is -2.04. The third kappa shape index (κ3) is 2.15. The summed E-state index contributed by atoms with van der Waals surface area (Å²) >= 11 is 6.42. The van der Waals surface area contributed by atoms with Crippen LogP contribution < -0.4 is 4.74 Å². The Kier molecular flexibility index (Phi) is 3.31. The third-order valence-electron chi connectivity index (χ3n) is 3.54. The summed E-state index contributed by atoms with van der Waals surface area (Å²) in [6, 6.07) is 14.3. The Hall–Kier alpha value is -1.73. The second kappa shape index (κ2) is 5.10. The zero-order valence-electron chi connectivity index (χ0n) is 10.8. The smallest absolute Gasteiger partial charge is 0.122 e. The average molecular weight is 271 g/mol. The Morgan fingerprint density at radius 2 is 1.84 bits per heavy atom. The van der Waals surface area contributed by atoms with Crippen molar-refractivity contribution in [3.8, 4) is 5.75 Å². The molecule has 0 unspecified atom stereocenters. The summed E-state index contributed by atoms with van der Waals surface area (Å²) in [5, 5.41) is 0.797. The fourth-order valence-electron chi connectivity index (χ4n) is 2.67. The number of halogens is 1. The molecule has 0 radical (unpaired) electrons. The molecule has 1 aliphatic rings. The minimum absolute atomic E-state index is 0.797. The van der Waals surface area contributed by atoms with E-state index in [1.54, 1.807) is 7.11 Å². The van der Waals surface area contributed by atoms with E-state index >= 15 is 0 Å². The predicted octanol–water partition coefficient (Wildman–Crippen LogP) is 4.73. The summed E-state index contributed by atoms with van der Waals surface area (Å²) in [6.45, 7) is 0. The van der Waals surface area contributed by atoms with E-state index < -0.39 is 0 Å². The zero-order chi connectivity index (χ0) is 13.2. The highest BCUT2D eigenvalue weighted by Crippen LogP contribution is 2.40. The van der Waals surface area contributed by atoms with E-state index in [2.05, 4.69) is 30.3 Å². The molecule has 0 saturated heterocycles. The van der Waals surface area contributed by atoms with Gasteiger partial charge in [0.05, 0.1) is 7.11 Å². The average Bonchev–Trinajstić information content (AvgIpc) is 2.48. The first-order valence-electron chi connectivity index (χ1n) is 6.42. The van der Waals surface area contributed by atoms with Crippen LogP contribution in [0.4, 0.5) is 0 Å². The van der Waals surface area contributed by atoms with Crippen molar-refractivity contribution in [2.75, 3.05) is 7.11 Å². The molecule has 96 valence electrons. The van der Waals surface area contributed by atoms with Crippen molar-refractivity contribution in [3.05, 3.63) is 70.3 Å². The second-order valence-corrected chi connectivity index (χ2v) is 5.03. The zero-order valence-corrected chi connectivity index (χ0v) is 11.6. The number of hydrogen-bond acceptors (Lipinski definition) is 1. The lowest BCUT2D eigenvalue weighted by atomic mass is 9.86. The SMILES string of the molecule is COc1ccc(Cl)c2c1CCC=C2c1ccccc1. The molecule has 0 bridgehead atoms. The first-order chi connectivity index (χ1) is 9.31. The molecule has 0 heterocycles. The van der Waals surface area contributed by atoms with Crippen LogP contribution in [0.5, 0.6) is 5.75 Å². The molecule has 0 amide bonds. The molecule has 2 heteroatoms. The van der Waals surface area contributed by atoms with Gasteiger partial charge < -0.3 is 4.74 Å².